The quantitative estimate of drug-likeness (QED) is 0.453. The first-order valence-corrected chi connectivity index (χ1v) is 15.9. The van der Waals surface area contributed by atoms with Crippen LogP contribution in [0.5, 0.6) is 5.75 Å². The molecule has 1 aliphatic carbocycles. The number of hydrogen-bond acceptors (Lipinski definition) is 6. The molecule has 39 heavy (non-hydrogen) atoms. The first kappa shape index (κ1) is 28.0. The lowest BCUT2D eigenvalue weighted by atomic mass is 9.71. The highest BCUT2D eigenvalue weighted by Crippen LogP contribution is 2.40. The number of allylic oxidation sites excluding steroid dienone is 2. The fourth-order valence-corrected chi connectivity index (χ4v) is 7.22. The number of halogens is 1. The molecule has 2 bridgehead atoms. The van der Waals surface area contributed by atoms with Crippen LogP contribution in [-0.2, 0) is 23.1 Å². The number of aryl methyl sites for hydroxylation is 1. The predicted molar refractivity (Wildman–Crippen MR) is 154 cm³/mol. The van der Waals surface area contributed by atoms with Crippen molar-refractivity contribution in [1.29, 1.82) is 0 Å². The minimum atomic E-state index is -4.05. The van der Waals surface area contributed by atoms with Gasteiger partial charge < -0.3 is 14.7 Å². The molecule has 0 radical (unpaired) electrons. The number of carbonyl (C=O) groups is 1. The number of sulfonamides is 1. The Kier molecular flexibility index (Phi) is 8.84. The molecule has 3 aliphatic rings. The second kappa shape index (κ2) is 12.3. The van der Waals surface area contributed by atoms with Crippen LogP contribution >= 0.6 is 11.6 Å². The molecule has 2 heterocycles. The topological polar surface area (TPSA) is 95.9 Å². The monoisotopic (exact) mass is 572 g/mol. The third-order valence-corrected chi connectivity index (χ3v) is 10.4. The SMILES string of the molecule is O=C1NS(=O)(=O)[C@H](CO)CC/C=C\C[C@@H]2CC[C@H]2CN2CCCCc3cc(Cl)ccc3COc3ccc1cc32. The molecule has 0 aromatic heterocycles. The molecule has 2 aromatic carbocycles. The molecular formula is C30H37ClN2O5S. The number of nitrogens with zero attached hydrogens (tertiary/aromatic N) is 1. The molecule has 210 valence electrons. The van der Waals surface area contributed by atoms with E-state index < -0.39 is 27.8 Å². The number of nitrogens with one attached hydrogen (secondary N) is 1. The number of hydrogen-bond donors (Lipinski definition) is 2. The Morgan fingerprint density at radius 1 is 1.03 bits per heavy atom. The van der Waals surface area contributed by atoms with Crippen LogP contribution in [0.25, 0.3) is 0 Å². The van der Waals surface area contributed by atoms with Crippen LogP contribution < -0.4 is 14.4 Å². The van der Waals surface area contributed by atoms with Crippen LogP contribution in [0.4, 0.5) is 5.69 Å². The van der Waals surface area contributed by atoms with Crippen molar-refractivity contribution < 1.29 is 23.1 Å². The van der Waals surface area contributed by atoms with Gasteiger partial charge in [-0.15, -0.1) is 0 Å². The molecule has 9 heteroatoms. The van der Waals surface area contributed by atoms with Crippen LogP contribution in [0, 0.1) is 11.8 Å². The second-order valence-corrected chi connectivity index (χ2v) is 13.3. The van der Waals surface area contributed by atoms with Crippen LogP contribution in [0.1, 0.15) is 66.4 Å². The minimum Gasteiger partial charge on any atom is -0.487 e. The summed E-state index contributed by atoms with van der Waals surface area (Å²) in [4.78, 5) is 15.5. The Balaban J connectivity index is 1.52. The average molecular weight is 573 g/mol. The second-order valence-electron chi connectivity index (χ2n) is 11.0. The number of aliphatic hydroxyl groups excluding tert-OH is 1. The maximum Gasteiger partial charge on any atom is 0.264 e. The summed E-state index contributed by atoms with van der Waals surface area (Å²) >= 11 is 6.29. The van der Waals surface area contributed by atoms with E-state index in [2.05, 4.69) is 15.7 Å². The van der Waals surface area contributed by atoms with E-state index >= 15 is 0 Å². The molecule has 5 rings (SSSR count). The summed E-state index contributed by atoms with van der Waals surface area (Å²) in [5, 5.41) is 9.43. The highest BCUT2D eigenvalue weighted by Gasteiger charge is 2.33. The molecule has 0 unspecified atom stereocenters. The first-order chi connectivity index (χ1) is 18.8. The van der Waals surface area contributed by atoms with Crippen molar-refractivity contribution >= 4 is 33.2 Å². The number of carbonyl (C=O) groups excluding carboxylic acids is 1. The number of benzene rings is 2. The maximum absolute atomic E-state index is 13.2. The number of rotatable bonds is 1. The largest absolute Gasteiger partial charge is 0.487 e. The standard InChI is InChI=1S/C30H37ClN2O5S/c31-26-13-11-25-20-38-29-14-12-23-17-28(29)33(15-5-4-7-22(25)16-26)18-24-10-9-21(24)6-2-1-3-8-27(19-34)39(36,37)32-30(23)35/h1-2,11-14,16-17,21,24,27,34H,3-10,15,18-20H2,(H,32,35)/b2-1-/t21-,24+,27+/m1/s1. The van der Waals surface area contributed by atoms with Gasteiger partial charge in [-0.3, -0.25) is 4.79 Å². The summed E-state index contributed by atoms with van der Waals surface area (Å²) in [6.45, 7) is 1.51. The zero-order valence-electron chi connectivity index (χ0n) is 22.1. The Hall–Kier alpha value is -2.55. The summed E-state index contributed by atoms with van der Waals surface area (Å²) in [5.41, 5.74) is 3.34. The van der Waals surface area contributed by atoms with Gasteiger partial charge in [-0.2, -0.15) is 0 Å². The van der Waals surface area contributed by atoms with Crippen LogP contribution in [0.2, 0.25) is 5.02 Å². The zero-order chi connectivity index (χ0) is 27.4. The predicted octanol–water partition coefficient (Wildman–Crippen LogP) is 5.25. The van der Waals surface area contributed by atoms with E-state index in [-0.39, 0.29) is 12.0 Å². The Labute approximate surface area is 236 Å². The zero-order valence-corrected chi connectivity index (χ0v) is 23.7. The van der Waals surface area contributed by atoms with Gasteiger partial charge in [0, 0.05) is 23.7 Å². The lowest BCUT2D eigenvalue weighted by Crippen LogP contribution is -2.40. The lowest BCUT2D eigenvalue weighted by molar-refractivity contribution is 0.0980. The molecule has 3 atom stereocenters. The highest BCUT2D eigenvalue weighted by atomic mass is 35.5. The minimum absolute atomic E-state index is 0.252. The molecule has 0 spiro atoms. The molecule has 2 N–H and O–H groups in total. The summed E-state index contributed by atoms with van der Waals surface area (Å²) in [5.74, 6) is 1.09. The normalized spacial score (nSPS) is 26.5. The van der Waals surface area contributed by atoms with Crippen molar-refractivity contribution in [2.45, 2.75) is 63.2 Å². The van der Waals surface area contributed by atoms with E-state index in [9.17, 15) is 18.3 Å². The molecule has 1 saturated carbocycles. The first-order valence-electron chi connectivity index (χ1n) is 13.9. The van der Waals surface area contributed by atoms with E-state index in [1.807, 2.05) is 24.3 Å². The molecule has 1 fully saturated rings. The van der Waals surface area contributed by atoms with Crippen molar-refractivity contribution in [3.63, 3.8) is 0 Å². The Morgan fingerprint density at radius 2 is 1.87 bits per heavy atom. The van der Waals surface area contributed by atoms with Crippen molar-refractivity contribution in [1.82, 2.24) is 4.72 Å². The van der Waals surface area contributed by atoms with Gasteiger partial charge in [0.05, 0.1) is 12.3 Å². The molecule has 2 aromatic rings. The van der Waals surface area contributed by atoms with Gasteiger partial charge in [0.15, 0.2) is 0 Å². The number of aliphatic hydroxyl groups is 1. The number of ether oxygens (including phenoxy) is 1. The van der Waals surface area contributed by atoms with E-state index in [0.717, 1.165) is 50.0 Å². The Bertz CT molecular complexity index is 1330. The van der Waals surface area contributed by atoms with Gasteiger partial charge in [-0.1, -0.05) is 29.8 Å². The smallest absolute Gasteiger partial charge is 0.264 e. The van der Waals surface area contributed by atoms with Crippen molar-refractivity contribution in [2.24, 2.45) is 11.8 Å². The van der Waals surface area contributed by atoms with E-state index in [1.165, 1.54) is 18.4 Å². The summed E-state index contributed by atoms with van der Waals surface area (Å²) in [6, 6.07) is 11.0. The van der Waals surface area contributed by atoms with Gasteiger partial charge >= 0.3 is 0 Å². The molecule has 0 saturated heterocycles. The van der Waals surface area contributed by atoms with Gasteiger partial charge in [-0.25, -0.2) is 13.1 Å². The van der Waals surface area contributed by atoms with Crippen molar-refractivity contribution in [3.05, 3.63) is 70.3 Å². The lowest BCUT2D eigenvalue weighted by Gasteiger charge is -2.41. The van der Waals surface area contributed by atoms with Gasteiger partial charge in [0.2, 0.25) is 10.0 Å². The average Bonchev–Trinajstić information content (AvgIpc) is 2.92. The van der Waals surface area contributed by atoms with Crippen LogP contribution in [-0.4, -0.2) is 44.4 Å². The summed E-state index contributed by atoms with van der Waals surface area (Å²) < 4.78 is 34.4. The van der Waals surface area contributed by atoms with Crippen molar-refractivity contribution in [3.8, 4) is 5.75 Å². The van der Waals surface area contributed by atoms with Crippen molar-refractivity contribution in [2.75, 3.05) is 24.6 Å². The summed E-state index contributed by atoms with van der Waals surface area (Å²) in [7, 11) is -4.05. The Morgan fingerprint density at radius 3 is 2.67 bits per heavy atom. The third-order valence-electron chi connectivity index (χ3n) is 8.41. The van der Waals surface area contributed by atoms with E-state index in [4.69, 9.17) is 16.3 Å². The van der Waals surface area contributed by atoms with Gasteiger partial charge in [0.25, 0.3) is 5.91 Å². The maximum atomic E-state index is 13.2. The van der Waals surface area contributed by atoms with E-state index in [1.54, 1.807) is 18.2 Å². The van der Waals surface area contributed by atoms with Gasteiger partial charge in [0.1, 0.15) is 17.6 Å². The van der Waals surface area contributed by atoms with Crippen LogP contribution in [0.15, 0.2) is 48.6 Å². The fraction of sp³-hybridized carbons (Fsp3) is 0.500. The van der Waals surface area contributed by atoms with E-state index in [0.29, 0.717) is 35.6 Å². The number of amides is 1. The van der Waals surface area contributed by atoms with Gasteiger partial charge in [-0.05, 0) is 105 Å². The fourth-order valence-electron chi connectivity index (χ4n) is 5.84. The van der Waals surface area contributed by atoms with Crippen LogP contribution in [0.3, 0.4) is 0 Å². The molecule has 7 nitrogen and oxygen atoms in total. The molecule has 2 aliphatic heterocycles. The number of anilines is 1. The molecule has 1 amide bonds. The summed E-state index contributed by atoms with van der Waals surface area (Å²) in [6.07, 6.45) is 11.1. The highest BCUT2D eigenvalue weighted by molar-refractivity contribution is 7.90. The number of fused-ring (bicyclic) bond motifs is 3. The third kappa shape index (κ3) is 6.61. The molecular weight excluding hydrogens is 536 g/mol.